The predicted octanol–water partition coefficient (Wildman–Crippen LogP) is 1.91. The van der Waals surface area contributed by atoms with Gasteiger partial charge in [-0.3, -0.25) is 9.79 Å². The van der Waals surface area contributed by atoms with Crippen LogP contribution < -0.4 is 10.1 Å². The predicted molar refractivity (Wildman–Crippen MR) is 114 cm³/mol. The number of carbonyl (C=O) groups excluding carboxylic acids is 1. The van der Waals surface area contributed by atoms with Crippen molar-refractivity contribution in [3.05, 3.63) is 29.8 Å². The van der Waals surface area contributed by atoms with Gasteiger partial charge in [0.05, 0.1) is 19.8 Å². The van der Waals surface area contributed by atoms with E-state index in [1.54, 1.807) is 0 Å². The lowest BCUT2D eigenvalue weighted by molar-refractivity contribution is -0.140. The van der Waals surface area contributed by atoms with Gasteiger partial charge in [-0.1, -0.05) is 18.2 Å². The molecule has 2 heterocycles. The molecule has 0 atom stereocenters. The van der Waals surface area contributed by atoms with Crippen molar-refractivity contribution in [1.82, 2.24) is 15.1 Å². The SMILES string of the molecule is CN=C(NCCCOc1ccccc1C)N1CCC(C(=O)N2CCOCC2)CC1. The highest BCUT2D eigenvalue weighted by molar-refractivity contribution is 5.81. The molecule has 29 heavy (non-hydrogen) atoms. The molecule has 2 fully saturated rings. The summed E-state index contributed by atoms with van der Waals surface area (Å²) in [7, 11) is 1.82. The number of hydrogen-bond donors (Lipinski definition) is 1. The minimum atomic E-state index is 0.130. The van der Waals surface area contributed by atoms with E-state index in [0.29, 0.717) is 25.7 Å². The number of hydrogen-bond acceptors (Lipinski definition) is 4. The van der Waals surface area contributed by atoms with E-state index >= 15 is 0 Å². The van der Waals surface area contributed by atoms with Gasteiger partial charge in [0.1, 0.15) is 5.75 Å². The Morgan fingerprint density at radius 1 is 1.17 bits per heavy atom. The molecule has 0 aliphatic carbocycles. The number of rotatable bonds is 6. The van der Waals surface area contributed by atoms with Crippen LogP contribution in [0.5, 0.6) is 5.75 Å². The molecule has 1 aromatic rings. The van der Waals surface area contributed by atoms with Gasteiger partial charge < -0.3 is 24.6 Å². The van der Waals surface area contributed by atoms with E-state index < -0.39 is 0 Å². The van der Waals surface area contributed by atoms with Crippen LogP contribution in [0.15, 0.2) is 29.3 Å². The minimum Gasteiger partial charge on any atom is -0.493 e. The average Bonchev–Trinajstić information content (AvgIpc) is 2.78. The van der Waals surface area contributed by atoms with E-state index in [9.17, 15) is 4.79 Å². The molecule has 1 N–H and O–H groups in total. The van der Waals surface area contributed by atoms with Crippen LogP contribution in [0.25, 0.3) is 0 Å². The van der Waals surface area contributed by atoms with Gasteiger partial charge in [-0.25, -0.2) is 0 Å². The maximum atomic E-state index is 12.7. The van der Waals surface area contributed by atoms with E-state index in [4.69, 9.17) is 9.47 Å². The summed E-state index contributed by atoms with van der Waals surface area (Å²) in [6, 6.07) is 8.08. The lowest BCUT2D eigenvalue weighted by Gasteiger charge is -2.36. The molecule has 0 radical (unpaired) electrons. The molecular formula is C22H34N4O3. The molecule has 2 aliphatic heterocycles. The normalized spacial score (nSPS) is 18.6. The van der Waals surface area contributed by atoms with Crippen molar-refractivity contribution in [3.8, 4) is 5.75 Å². The number of piperidine rings is 1. The van der Waals surface area contributed by atoms with Crippen LogP contribution in [-0.2, 0) is 9.53 Å². The number of nitrogens with zero attached hydrogens (tertiary/aromatic N) is 3. The first-order valence-corrected chi connectivity index (χ1v) is 10.7. The van der Waals surface area contributed by atoms with Crippen molar-refractivity contribution in [2.45, 2.75) is 26.2 Å². The molecule has 1 aromatic carbocycles. The molecule has 0 aromatic heterocycles. The maximum Gasteiger partial charge on any atom is 0.225 e. The molecule has 2 aliphatic rings. The van der Waals surface area contributed by atoms with E-state index in [-0.39, 0.29) is 5.92 Å². The lowest BCUT2D eigenvalue weighted by atomic mass is 9.95. The van der Waals surface area contributed by atoms with Crippen LogP contribution in [0.4, 0.5) is 0 Å². The molecule has 7 heteroatoms. The number of benzene rings is 1. The lowest BCUT2D eigenvalue weighted by Crippen LogP contribution is -2.50. The van der Waals surface area contributed by atoms with Crippen LogP contribution in [0, 0.1) is 12.8 Å². The largest absolute Gasteiger partial charge is 0.493 e. The van der Waals surface area contributed by atoms with Gasteiger partial charge >= 0.3 is 0 Å². The Kier molecular flexibility index (Phi) is 8.16. The maximum absolute atomic E-state index is 12.7. The summed E-state index contributed by atoms with van der Waals surface area (Å²) < 4.78 is 11.2. The van der Waals surface area contributed by atoms with Crippen molar-refractivity contribution in [1.29, 1.82) is 0 Å². The zero-order valence-electron chi connectivity index (χ0n) is 17.7. The summed E-state index contributed by atoms with van der Waals surface area (Å²) in [5, 5.41) is 3.43. The van der Waals surface area contributed by atoms with Crippen LogP contribution in [0.3, 0.4) is 0 Å². The number of morpholine rings is 1. The zero-order chi connectivity index (χ0) is 20.5. The monoisotopic (exact) mass is 402 g/mol. The molecule has 3 rings (SSSR count). The highest BCUT2D eigenvalue weighted by Crippen LogP contribution is 2.20. The molecule has 160 valence electrons. The first-order valence-electron chi connectivity index (χ1n) is 10.7. The number of ether oxygens (including phenoxy) is 2. The number of aryl methyl sites for hydroxylation is 1. The van der Waals surface area contributed by atoms with Gasteiger partial charge in [0, 0.05) is 45.7 Å². The Bertz CT molecular complexity index is 680. The van der Waals surface area contributed by atoms with Crippen molar-refractivity contribution in [2.24, 2.45) is 10.9 Å². The fourth-order valence-corrected chi connectivity index (χ4v) is 3.89. The molecule has 0 bridgehead atoms. The van der Waals surface area contributed by atoms with Crippen LogP contribution in [-0.4, -0.2) is 81.3 Å². The van der Waals surface area contributed by atoms with Crippen LogP contribution in [0.1, 0.15) is 24.8 Å². The van der Waals surface area contributed by atoms with Gasteiger partial charge in [0.25, 0.3) is 0 Å². The number of nitrogens with one attached hydrogen (secondary N) is 1. The molecule has 2 saturated heterocycles. The third kappa shape index (κ3) is 6.10. The van der Waals surface area contributed by atoms with Crippen LogP contribution in [0.2, 0.25) is 0 Å². The van der Waals surface area contributed by atoms with Crippen molar-refractivity contribution >= 4 is 11.9 Å². The topological polar surface area (TPSA) is 66.4 Å². The number of aliphatic imine (C=N–C) groups is 1. The Labute approximate surface area is 174 Å². The molecule has 0 unspecified atom stereocenters. The number of carbonyl (C=O) groups is 1. The average molecular weight is 403 g/mol. The summed E-state index contributed by atoms with van der Waals surface area (Å²) in [5.74, 6) is 2.29. The molecular weight excluding hydrogens is 368 g/mol. The summed E-state index contributed by atoms with van der Waals surface area (Å²) in [4.78, 5) is 21.3. The first-order chi connectivity index (χ1) is 14.2. The second-order valence-corrected chi connectivity index (χ2v) is 7.64. The van der Waals surface area contributed by atoms with Gasteiger partial charge in [-0.15, -0.1) is 0 Å². The van der Waals surface area contributed by atoms with Crippen molar-refractivity contribution < 1.29 is 14.3 Å². The highest BCUT2D eigenvalue weighted by Gasteiger charge is 2.30. The zero-order valence-corrected chi connectivity index (χ0v) is 17.7. The third-order valence-electron chi connectivity index (χ3n) is 5.63. The summed E-state index contributed by atoms with van der Waals surface area (Å²) in [6.45, 7) is 8.04. The van der Waals surface area contributed by atoms with Crippen molar-refractivity contribution in [3.63, 3.8) is 0 Å². The molecule has 0 spiro atoms. The number of para-hydroxylation sites is 1. The quantitative estimate of drug-likeness (QED) is 0.447. The Morgan fingerprint density at radius 3 is 2.59 bits per heavy atom. The van der Waals surface area contributed by atoms with E-state index in [2.05, 4.69) is 28.2 Å². The molecule has 0 saturated carbocycles. The Hall–Kier alpha value is -2.28. The second kappa shape index (κ2) is 11.0. The van der Waals surface area contributed by atoms with E-state index in [0.717, 1.165) is 69.3 Å². The first kappa shape index (κ1) is 21.4. The standard InChI is InChI=1S/C22H34N4O3/c1-18-6-3-4-7-20(18)29-15-5-10-24-22(23-2)26-11-8-19(9-12-26)21(27)25-13-16-28-17-14-25/h3-4,6-7,19H,5,8-17H2,1-2H3,(H,23,24). The smallest absolute Gasteiger partial charge is 0.225 e. The number of guanidine groups is 1. The highest BCUT2D eigenvalue weighted by atomic mass is 16.5. The van der Waals surface area contributed by atoms with Crippen molar-refractivity contribution in [2.75, 3.05) is 59.6 Å². The molecule has 7 nitrogen and oxygen atoms in total. The van der Waals surface area contributed by atoms with Gasteiger partial charge in [-0.2, -0.15) is 0 Å². The Balaban J connectivity index is 1.35. The summed E-state index contributed by atoms with van der Waals surface area (Å²) >= 11 is 0. The summed E-state index contributed by atoms with van der Waals surface area (Å²) in [5.41, 5.74) is 1.16. The fraction of sp³-hybridized carbons (Fsp3) is 0.636. The van der Waals surface area contributed by atoms with Crippen LogP contribution >= 0.6 is 0 Å². The summed E-state index contributed by atoms with van der Waals surface area (Å²) in [6.07, 6.45) is 2.67. The fourth-order valence-electron chi connectivity index (χ4n) is 3.89. The van der Waals surface area contributed by atoms with Gasteiger partial charge in [0.2, 0.25) is 5.91 Å². The van der Waals surface area contributed by atoms with Gasteiger partial charge in [0.15, 0.2) is 5.96 Å². The minimum absolute atomic E-state index is 0.130. The second-order valence-electron chi connectivity index (χ2n) is 7.64. The third-order valence-corrected chi connectivity index (χ3v) is 5.63. The van der Waals surface area contributed by atoms with E-state index in [1.165, 1.54) is 0 Å². The Morgan fingerprint density at radius 2 is 1.90 bits per heavy atom. The molecule has 1 amide bonds. The van der Waals surface area contributed by atoms with Gasteiger partial charge in [-0.05, 0) is 37.8 Å². The number of likely N-dealkylation sites (tertiary alicyclic amines) is 1. The van der Waals surface area contributed by atoms with E-state index in [1.807, 2.05) is 30.1 Å². The number of amides is 1.